The third-order valence-electron chi connectivity index (χ3n) is 4.57. The summed E-state index contributed by atoms with van der Waals surface area (Å²) in [6.45, 7) is -0.0509. The van der Waals surface area contributed by atoms with Gasteiger partial charge in [0.05, 0.1) is 25.9 Å². The molecule has 0 saturated carbocycles. The monoisotopic (exact) mass is 514 g/mol. The van der Waals surface area contributed by atoms with Crippen molar-refractivity contribution in [2.24, 2.45) is 5.11 Å². The van der Waals surface area contributed by atoms with Crippen LogP contribution in [0.2, 0.25) is 0 Å². The fourth-order valence-corrected chi connectivity index (χ4v) is 4.39. The van der Waals surface area contributed by atoms with Crippen LogP contribution in [-0.4, -0.2) is 60.2 Å². The van der Waals surface area contributed by atoms with Crippen molar-refractivity contribution in [2.75, 3.05) is 20.3 Å². The molecule has 1 aromatic heterocycles. The fourth-order valence-electron chi connectivity index (χ4n) is 2.93. The minimum Gasteiger partial charge on any atom is -0.468 e. The van der Waals surface area contributed by atoms with Gasteiger partial charge in [-0.3, -0.25) is 28.2 Å². The molecule has 190 valence electrons. The van der Waals surface area contributed by atoms with Gasteiger partial charge in [-0.05, 0) is 19.4 Å². The molecule has 14 nitrogen and oxygen atoms in total. The molecular weight excluding hydrogens is 492 g/mol. The largest absolute Gasteiger partial charge is 0.468 e. The SMILES string of the molecule is COC(=O)[C@H](C)NP(=O)(OC[C@H]1O[C@@H](n2cc(C)c(=O)[nH]c2=O)C[C@@H]1N=[N+]=[N-])OCC(F)(F)F. The molecule has 18 heteroatoms. The summed E-state index contributed by atoms with van der Waals surface area (Å²) in [7, 11) is -3.74. The van der Waals surface area contributed by atoms with Crippen LogP contribution in [0.15, 0.2) is 20.9 Å². The number of rotatable bonds is 10. The number of esters is 1. The number of aryl methyl sites for hydroxylation is 1. The second kappa shape index (κ2) is 11.2. The van der Waals surface area contributed by atoms with Crippen LogP contribution in [0.1, 0.15) is 25.1 Å². The second-order valence-electron chi connectivity index (χ2n) is 7.17. The number of ether oxygens (including phenoxy) is 2. The van der Waals surface area contributed by atoms with E-state index in [0.717, 1.165) is 18.6 Å². The molecule has 0 amide bonds. The van der Waals surface area contributed by atoms with Gasteiger partial charge in [0.1, 0.15) is 12.3 Å². The number of carbonyl (C=O) groups excluding carboxylic acids is 1. The first-order valence-electron chi connectivity index (χ1n) is 9.61. The Balaban J connectivity index is 2.22. The van der Waals surface area contributed by atoms with Gasteiger partial charge < -0.3 is 9.47 Å². The van der Waals surface area contributed by atoms with Crippen LogP contribution in [0, 0.1) is 6.92 Å². The quantitative estimate of drug-likeness (QED) is 0.154. The van der Waals surface area contributed by atoms with Gasteiger partial charge in [-0.15, -0.1) is 0 Å². The summed E-state index contributed by atoms with van der Waals surface area (Å²) in [5.74, 6) is -0.948. The Labute approximate surface area is 189 Å². The molecule has 2 rings (SSSR count). The van der Waals surface area contributed by atoms with Gasteiger partial charge in [-0.25, -0.2) is 14.4 Å². The molecule has 0 bridgehead atoms. The average Bonchev–Trinajstić information content (AvgIpc) is 3.15. The van der Waals surface area contributed by atoms with Crippen molar-refractivity contribution in [1.82, 2.24) is 14.6 Å². The van der Waals surface area contributed by atoms with Gasteiger partial charge in [0.2, 0.25) is 0 Å². The first-order chi connectivity index (χ1) is 15.8. The molecular formula is C16H22F3N6O8P. The first kappa shape index (κ1) is 27.6. The van der Waals surface area contributed by atoms with Gasteiger partial charge >= 0.3 is 25.6 Å². The Kier molecular flexibility index (Phi) is 9.05. The summed E-state index contributed by atoms with van der Waals surface area (Å²) in [6.07, 6.45) is -5.91. The van der Waals surface area contributed by atoms with Crippen LogP contribution in [0.4, 0.5) is 13.2 Å². The number of azide groups is 1. The molecule has 1 fully saturated rings. The average molecular weight is 514 g/mol. The summed E-state index contributed by atoms with van der Waals surface area (Å²) < 4.78 is 71.4. The molecule has 1 saturated heterocycles. The van der Waals surface area contributed by atoms with Crippen molar-refractivity contribution in [3.63, 3.8) is 0 Å². The molecule has 0 aromatic carbocycles. The first-order valence-corrected chi connectivity index (χ1v) is 11.2. The minimum atomic E-state index is -4.86. The lowest BCUT2D eigenvalue weighted by molar-refractivity contribution is -0.156. The fraction of sp³-hybridized carbons (Fsp3) is 0.688. The highest BCUT2D eigenvalue weighted by Crippen LogP contribution is 2.46. The van der Waals surface area contributed by atoms with Crippen LogP contribution in [0.3, 0.4) is 0 Å². The summed E-state index contributed by atoms with van der Waals surface area (Å²) in [6, 6.07) is -2.35. The van der Waals surface area contributed by atoms with Crippen molar-refractivity contribution >= 4 is 13.7 Å². The van der Waals surface area contributed by atoms with Gasteiger partial charge in [0.15, 0.2) is 6.61 Å². The lowest BCUT2D eigenvalue weighted by atomic mass is 10.1. The van der Waals surface area contributed by atoms with Crippen LogP contribution in [-0.2, 0) is 27.9 Å². The standard InChI is InChI=1S/C16H22F3N6O8P/c1-8-5-25(15(28)21-13(8)26)12-4-10(22-24-20)11(33-12)6-31-34(29,32-7-16(17,18)19)23-9(2)14(27)30-3/h5,9-12H,4,6-7H2,1-3H3,(H,23,29)(H,21,26,28)/t9-,10-,11+,12+,34?/m0/s1. The second-order valence-corrected chi connectivity index (χ2v) is 8.94. The van der Waals surface area contributed by atoms with E-state index < -0.39 is 68.8 Å². The molecule has 0 spiro atoms. The normalized spacial score (nSPS) is 23.1. The van der Waals surface area contributed by atoms with E-state index in [-0.39, 0.29) is 12.0 Å². The zero-order chi connectivity index (χ0) is 25.7. The Hall–Kier alpha value is -2.68. The van der Waals surface area contributed by atoms with Crippen molar-refractivity contribution in [3.05, 3.63) is 43.0 Å². The lowest BCUT2D eigenvalue weighted by Crippen LogP contribution is -2.36. The van der Waals surface area contributed by atoms with Gasteiger partial charge in [0, 0.05) is 23.1 Å². The van der Waals surface area contributed by atoms with Crippen LogP contribution in [0.5, 0.6) is 0 Å². The highest BCUT2D eigenvalue weighted by Gasteiger charge is 2.41. The number of alkyl halides is 3. The van der Waals surface area contributed by atoms with Gasteiger partial charge in [-0.2, -0.15) is 13.2 Å². The molecule has 34 heavy (non-hydrogen) atoms. The Morgan fingerprint density at radius 1 is 1.47 bits per heavy atom. The van der Waals surface area contributed by atoms with Crippen molar-refractivity contribution < 1.29 is 41.1 Å². The van der Waals surface area contributed by atoms with E-state index in [2.05, 4.69) is 24.3 Å². The maximum Gasteiger partial charge on any atom is 0.412 e. The predicted molar refractivity (Wildman–Crippen MR) is 108 cm³/mol. The number of nitrogens with zero attached hydrogens (tertiary/aromatic N) is 4. The predicted octanol–water partition coefficient (Wildman–Crippen LogP) is 1.67. The third-order valence-corrected chi connectivity index (χ3v) is 6.24. The van der Waals surface area contributed by atoms with Crippen LogP contribution >= 0.6 is 7.75 Å². The van der Waals surface area contributed by atoms with Gasteiger partial charge in [-0.1, -0.05) is 5.11 Å². The van der Waals surface area contributed by atoms with Crippen molar-refractivity contribution in [1.29, 1.82) is 0 Å². The molecule has 5 atom stereocenters. The van der Waals surface area contributed by atoms with E-state index in [1.54, 1.807) is 0 Å². The molecule has 1 unspecified atom stereocenters. The Morgan fingerprint density at radius 3 is 2.74 bits per heavy atom. The van der Waals surface area contributed by atoms with E-state index in [4.69, 9.17) is 14.8 Å². The maximum absolute atomic E-state index is 12.9. The lowest BCUT2D eigenvalue weighted by Gasteiger charge is -2.24. The van der Waals surface area contributed by atoms with Crippen LogP contribution < -0.4 is 16.3 Å². The maximum atomic E-state index is 12.9. The number of H-pyrrole nitrogens is 1. The summed E-state index contributed by atoms with van der Waals surface area (Å²) >= 11 is 0. The Bertz CT molecular complexity index is 1100. The molecule has 2 N–H and O–H groups in total. The minimum absolute atomic E-state index is 0.0663. The van der Waals surface area contributed by atoms with Crippen LogP contribution in [0.25, 0.3) is 10.4 Å². The summed E-state index contributed by atoms with van der Waals surface area (Å²) in [5, 5.41) is 5.56. The van der Waals surface area contributed by atoms with E-state index in [1.165, 1.54) is 13.1 Å². The number of nitrogens with one attached hydrogen (secondary N) is 2. The molecule has 1 aliphatic heterocycles. The number of methoxy groups -OCH3 is 1. The molecule has 1 aromatic rings. The summed E-state index contributed by atoms with van der Waals surface area (Å²) in [5.41, 5.74) is 7.59. The summed E-state index contributed by atoms with van der Waals surface area (Å²) in [4.78, 5) is 40.0. The number of aromatic nitrogens is 2. The van der Waals surface area contributed by atoms with Crippen molar-refractivity contribution in [2.45, 2.75) is 50.9 Å². The van der Waals surface area contributed by atoms with E-state index >= 15 is 0 Å². The zero-order valence-corrected chi connectivity index (χ0v) is 19.0. The highest BCUT2D eigenvalue weighted by molar-refractivity contribution is 7.51. The number of hydrogen-bond donors (Lipinski definition) is 2. The third kappa shape index (κ3) is 7.41. The van der Waals surface area contributed by atoms with E-state index in [0.29, 0.717) is 0 Å². The molecule has 0 radical (unpaired) electrons. The number of hydrogen-bond acceptors (Lipinski definition) is 9. The number of carbonyl (C=O) groups is 1. The van der Waals surface area contributed by atoms with E-state index in [9.17, 15) is 32.1 Å². The van der Waals surface area contributed by atoms with E-state index in [1.807, 2.05) is 5.09 Å². The highest BCUT2D eigenvalue weighted by atomic mass is 31.2. The number of halogens is 3. The topological polar surface area (TPSA) is 187 Å². The molecule has 1 aliphatic rings. The number of aromatic amines is 1. The smallest absolute Gasteiger partial charge is 0.412 e. The van der Waals surface area contributed by atoms with Gasteiger partial charge in [0.25, 0.3) is 5.56 Å². The van der Waals surface area contributed by atoms with Crippen molar-refractivity contribution in [3.8, 4) is 0 Å². The molecule has 0 aliphatic carbocycles. The molecule has 2 heterocycles. The Morgan fingerprint density at radius 2 is 2.15 bits per heavy atom. The zero-order valence-electron chi connectivity index (χ0n) is 18.1.